The number of sulfonamides is 1. The highest BCUT2D eigenvalue weighted by Gasteiger charge is 2.27. The van der Waals surface area contributed by atoms with Crippen molar-refractivity contribution in [1.82, 2.24) is 4.31 Å². The van der Waals surface area contributed by atoms with Gasteiger partial charge in [-0.25, -0.2) is 13.4 Å². The van der Waals surface area contributed by atoms with Gasteiger partial charge in [0.1, 0.15) is 0 Å². The van der Waals surface area contributed by atoms with Crippen molar-refractivity contribution >= 4 is 45.6 Å². The van der Waals surface area contributed by atoms with E-state index in [1.54, 1.807) is 22.5 Å². The number of anilines is 1. The normalized spacial score (nSPS) is 15.6. The van der Waals surface area contributed by atoms with Crippen molar-refractivity contribution in [3.63, 3.8) is 0 Å². The number of benzene rings is 2. The highest BCUT2D eigenvalue weighted by atomic mass is 127. The van der Waals surface area contributed by atoms with Crippen LogP contribution in [0.25, 0.3) is 0 Å². The van der Waals surface area contributed by atoms with Gasteiger partial charge in [-0.3, -0.25) is 0 Å². The van der Waals surface area contributed by atoms with E-state index in [-0.39, 0.29) is 36.5 Å². The summed E-state index contributed by atoms with van der Waals surface area (Å²) in [5.41, 5.74) is 9.90. The summed E-state index contributed by atoms with van der Waals surface area (Å²) in [5, 5.41) is 3.07. The number of halogens is 1. The van der Waals surface area contributed by atoms with Crippen LogP contribution in [-0.2, 0) is 16.6 Å². The van der Waals surface area contributed by atoms with E-state index in [4.69, 9.17) is 5.73 Å². The maximum absolute atomic E-state index is 13.0. The number of aliphatic imine (C=N–C) groups is 1. The topological polar surface area (TPSA) is 87.8 Å². The number of hydrogen-bond acceptors (Lipinski definition) is 3. The monoisotopic (exact) mass is 528 g/mol. The maximum Gasteiger partial charge on any atom is 0.243 e. The first kappa shape index (κ1) is 23.6. The number of nitrogens with zero attached hydrogens (tertiary/aromatic N) is 2. The van der Waals surface area contributed by atoms with Gasteiger partial charge in [0.2, 0.25) is 10.0 Å². The van der Waals surface area contributed by atoms with E-state index in [0.29, 0.717) is 23.5 Å². The average Bonchev–Trinajstić information content (AvgIpc) is 2.70. The number of piperidine rings is 1. The minimum atomic E-state index is -3.51. The zero-order chi connectivity index (χ0) is 20.1. The minimum absolute atomic E-state index is 0. The molecule has 0 radical (unpaired) electrons. The molecular formula is C21H29IN4O2S. The molecule has 8 heteroatoms. The predicted octanol–water partition coefficient (Wildman–Crippen LogP) is 4.02. The van der Waals surface area contributed by atoms with E-state index in [1.807, 2.05) is 31.2 Å². The van der Waals surface area contributed by atoms with Crippen LogP contribution in [0.3, 0.4) is 0 Å². The van der Waals surface area contributed by atoms with Crippen molar-refractivity contribution in [2.75, 3.05) is 18.4 Å². The Morgan fingerprint density at radius 1 is 1.07 bits per heavy atom. The molecule has 0 saturated carbocycles. The summed E-state index contributed by atoms with van der Waals surface area (Å²) < 4.78 is 27.7. The van der Waals surface area contributed by atoms with Gasteiger partial charge in [0.05, 0.1) is 11.4 Å². The highest BCUT2D eigenvalue weighted by molar-refractivity contribution is 14.0. The standard InChI is InChI=1S/C21H28N4O2S.HI/c1-16-10-11-19(14-17(16)2)24-21(22)23-15-18-8-4-5-9-20(18)28(26,27)25-12-6-3-7-13-25;/h4-5,8-11,14H,3,6-7,12-13,15H2,1-2H3,(H3,22,23,24);1H. The quantitative estimate of drug-likeness (QED) is 0.349. The average molecular weight is 528 g/mol. The lowest BCUT2D eigenvalue weighted by molar-refractivity contribution is 0.346. The summed E-state index contributed by atoms with van der Waals surface area (Å²) in [6.45, 7) is 5.45. The van der Waals surface area contributed by atoms with Crippen LogP contribution in [0.2, 0.25) is 0 Å². The SMILES string of the molecule is Cc1ccc(NC(N)=NCc2ccccc2S(=O)(=O)N2CCCCC2)cc1C.I. The van der Waals surface area contributed by atoms with Crippen molar-refractivity contribution in [3.05, 3.63) is 59.2 Å². The fourth-order valence-electron chi connectivity index (χ4n) is 3.31. The zero-order valence-electron chi connectivity index (χ0n) is 16.9. The van der Waals surface area contributed by atoms with Crippen LogP contribution in [0.4, 0.5) is 5.69 Å². The van der Waals surface area contributed by atoms with Gasteiger partial charge in [-0.05, 0) is 61.6 Å². The number of nitrogens with one attached hydrogen (secondary N) is 1. The van der Waals surface area contributed by atoms with Gasteiger partial charge in [0, 0.05) is 18.8 Å². The van der Waals surface area contributed by atoms with Gasteiger partial charge in [-0.2, -0.15) is 4.31 Å². The van der Waals surface area contributed by atoms with Crippen LogP contribution >= 0.6 is 24.0 Å². The molecule has 0 unspecified atom stereocenters. The number of guanidine groups is 1. The molecule has 0 amide bonds. The van der Waals surface area contributed by atoms with Crippen molar-refractivity contribution in [1.29, 1.82) is 0 Å². The Morgan fingerprint density at radius 3 is 2.45 bits per heavy atom. The first-order chi connectivity index (χ1) is 13.4. The number of hydrogen-bond donors (Lipinski definition) is 2. The number of nitrogens with two attached hydrogens (primary N) is 1. The van der Waals surface area contributed by atoms with E-state index >= 15 is 0 Å². The Kier molecular flexibility index (Phi) is 8.47. The second-order valence-corrected chi connectivity index (χ2v) is 9.10. The van der Waals surface area contributed by atoms with Crippen molar-refractivity contribution < 1.29 is 8.42 Å². The molecule has 29 heavy (non-hydrogen) atoms. The second-order valence-electron chi connectivity index (χ2n) is 7.20. The summed E-state index contributed by atoms with van der Waals surface area (Å²) in [5.74, 6) is 0.258. The highest BCUT2D eigenvalue weighted by Crippen LogP contribution is 2.24. The smallest absolute Gasteiger partial charge is 0.243 e. The lowest BCUT2D eigenvalue weighted by atomic mass is 10.1. The molecule has 2 aromatic carbocycles. The van der Waals surface area contributed by atoms with Crippen molar-refractivity contribution in [2.24, 2.45) is 10.7 Å². The Hall–Kier alpha value is -1.65. The van der Waals surface area contributed by atoms with E-state index in [9.17, 15) is 8.42 Å². The van der Waals surface area contributed by atoms with E-state index in [2.05, 4.69) is 17.2 Å². The summed E-state index contributed by atoms with van der Waals surface area (Å²) in [4.78, 5) is 4.68. The molecule has 3 rings (SSSR count). The molecule has 2 aromatic rings. The molecule has 0 aliphatic carbocycles. The van der Waals surface area contributed by atoms with E-state index < -0.39 is 10.0 Å². The van der Waals surface area contributed by atoms with Crippen LogP contribution in [0.5, 0.6) is 0 Å². The lowest BCUT2D eigenvalue weighted by Gasteiger charge is -2.26. The number of aryl methyl sites for hydroxylation is 2. The second kappa shape index (κ2) is 10.4. The molecule has 6 nitrogen and oxygen atoms in total. The molecule has 1 aliphatic heterocycles. The Labute approximate surface area is 190 Å². The number of rotatable bonds is 5. The van der Waals surface area contributed by atoms with Gasteiger partial charge in [0.15, 0.2) is 5.96 Å². The molecule has 0 atom stereocenters. The predicted molar refractivity (Wildman–Crippen MR) is 129 cm³/mol. The fraction of sp³-hybridized carbons (Fsp3) is 0.381. The van der Waals surface area contributed by atoms with Crippen molar-refractivity contribution in [2.45, 2.75) is 44.6 Å². The molecule has 1 fully saturated rings. The van der Waals surface area contributed by atoms with Crippen LogP contribution in [-0.4, -0.2) is 31.8 Å². The Bertz CT molecular complexity index is 970. The lowest BCUT2D eigenvalue weighted by Crippen LogP contribution is -2.36. The van der Waals surface area contributed by atoms with Gasteiger partial charge in [0.25, 0.3) is 0 Å². The summed E-state index contributed by atoms with van der Waals surface area (Å²) >= 11 is 0. The van der Waals surface area contributed by atoms with E-state index in [1.165, 1.54) is 5.56 Å². The Balaban J connectivity index is 0.00000300. The first-order valence-corrected chi connectivity index (χ1v) is 11.0. The molecule has 0 spiro atoms. The molecule has 0 aromatic heterocycles. The van der Waals surface area contributed by atoms with Crippen LogP contribution < -0.4 is 11.1 Å². The molecule has 3 N–H and O–H groups in total. The summed E-state index contributed by atoms with van der Waals surface area (Å²) in [6, 6.07) is 13.0. The summed E-state index contributed by atoms with van der Waals surface area (Å²) in [7, 11) is -3.51. The fourth-order valence-corrected chi connectivity index (χ4v) is 5.04. The summed E-state index contributed by atoms with van der Waals surface area (Å²) in [6.07, 6.45) is 2.90. The molecule has 1 aliphatic rings. The first-order valence-electron chi connectivity index (χ1n) is 9.60. The van der Waals surface area contributed by atoms with Crippen LogP contribution in [0.1, 0.15) is 36.0 Å². The van der Waals surface area contributed by atoms with Gasteiger partial charge in [-0.1, -0.05) is 30.7 Å². The van der Waals surface area contributed by atoms with Gasteiger partial charge in [-0.15, -0.1) is 24.0 Å². The third kappa shape index (κ3) is 5.93. The maximum atomic E-state index is 13.0. The minimum Gasteiger partial charge on any atom is -0.370 e. The Morgan fingerprint density at radius 2 is 1.76 bits per heavy atom. The van der Waals surface area contributed by atoms with Crippen LogP contribution in [0.15, 0.2) is 52.4 Å². The molecule has 1 saturated heterocycles. The molecular weight excluding hydrogens is 499 g/mol. The third-order valence-corrected chi connectivity index (χ3v) is 7.10. The van der Waals surface area contributed by atoms with Gasteiger partial charge >= 0.3 is 0 Å². The molecule has 0 bridgehead atoms. The van der Waals surface area contributed by atoms with Crippen LogP contribution in [0, 0.1) is 13.8 Å². The molecule has 158 valence electrons. The third-order valence-electron chi connectivity index (χ3n) is 5.10. The largest absolute Gasteiger partial charge is 0.370 e. The van der Waals surface area contributed by atoms with E-state index in [0.717, 1.165) is 30.5 Å². The molecule has 1 heterocycles. The van der Waals surface area contributed by atoms with Crippen molar-refractivity contribution in [3.8, 4) is 0 Å². The van der Waals surface area contributed by atoms with Gasteiger partial charge < -0.3 is 11.1 Å². The zero-order valence-corrected chi connectivity index (χ0v) is 20.0.